The summed E-state index contributed by atoms with van der Waals surface area (Å²) >= 11 is 0. The number of aliphatic hydroxyl groups excluding tert-OH is 1. The van der Waals surface area contributed by atoms with Crippen molar-refractivity contribution in [3.8, 4) is 22.3 Å². The molecule has 27 heavy (non-hydrogen) atoms. The van der Waals surface area contributed by atoms with Gasteiger partial charge in [-0.05, 0) is 41.7 Å². The molecule has 0 fully saturated rings. The van der Waals surface area contributed by atoms with E-state index in [0.717, 1.165) is 46.3 Å². The van der Waals surface area contributed by atoms with E-state index in [2.05, 4.69) is 41.3 Å². The van der Waals surface area contributed by atoms with Gasteiger partial charge in [-0.2, -0.15) is 5.10 Å². The molecule has 2 heterocycles. The molecule has 0 amide bonds. The van der Waals surface area contributed by atoms with Crippen LogP contribution < -0.4 is 0 Å². The molecule has 1 N–H and O–H groups in total. The Morgan fingerprint density at radius 3 is 2.56 bits per heavy atom. The van der Waals surface area contributed by atoms with Crippen molar-refractivity contribution in [2.45, 2.75) is 32.8 Å². The van der Waals surface area contributed by atoms with Crippen molar-refractivity contribution >= 4 is 5.65 Å². The van der Waals surface area contributed by atoms with Gasteiger partial charge >= 0.3 is 0 Å². The molecular formula is C23H23N3O. The predicted molar refractivity (Wildman–Crippen MR) is 108 cm³/mol. The average Bonchev–Trinajstić information content (AvgIpc) is 3.12. The summed E-state index contributed by atoms with van der Waals surface area (Å²) in [6.07, 6.45) is 7.50. The van der Waals surface area contributed by atoms with Crippen LogP contribution in [0.1, 0.15) is 37.5 Å². The molecule has 0 bridgehead atoms. The van der Waals surface area contributed by atoms with E-state index in [-0.39, 0.29) is 0 Å². The summed E-state index contributed by atoms with van der Waals surface area (Å²) in [5.74, 6) is 0. The smallest absolute Gasteiger partial charge is 0.162 e. The summed E-state index contributed by atoms with van der Waals surface area (Å²) in [6.45, 7) is 3.96. The zero-order valence-corrected chi connectivity index (χ0v) is 15.6. The third-order valence-corrected chi connectivity index (χ3v) is 4.86. The van der Waals surface area contributed by atoms with Crippen LogP contribution in [-0.4, -0.2) is 19.7 Å². The molecule has 4 aromatic rings. The second-order valence-electron chi connectivity index (χ2n) is 6.92. The molecular weight excluding hydrogens is 334 g/mol. The van der Waals surface area contributed by atoms with Crippen LogP contribution in [0.4, 0.5) is 0 Å². The summed E-state index contributed by atoms with van der Waals surface area (Å²) in [5.41, 5.74) is 7.19. The highest BCUT2D eigenvalue weighted by atomic mass is 16.3. The minimum absolute atomic E-state index is 0.498. The summed E-state index contributed by atoms with van der Waals surface area (Å²) in [7, 11) is 0. The van der Waals surface area contributed by atoms with Gasteiger partial charge in [0.1, 0.15) is 0 Å². The van der Waals surface area contributed by atoms with Crippen molar-refractivity contribution in [3.05, 3.63) is 78.2 Å². The maximum Gasteiger partial charge on any atom is 0.162 e. The van der Waals surface area contributed by atoms with Crippen LogP contribution in [0.5, 0.6) is 0 Å². The fourth-order valence-corrected chi connectivity index (χ4v) is 3.35. The number of aromatic nitrogens is 3. The maximum absolute atomic E-state index is 9.84. The largest absolute Gasteiger partial charge is 0.389 e. The van der Waals surface area contributed by atoms with Crippen LogP contribution in [0.2, 0.25) is 0 Å². The molecule has 0 aliphatic carbocycles. The first-order valence-corrected chi connectivity index (χ1v) is 9.37. The number of aliphatic hydroxyl groups is 1. The minimum atomic E-state index is -0.498. The molecule has 0 saturated heterocycles. The lowest BCUT2D eigenvalue weighted by molar-refractivity contribution is 0.199. The Kier molecular flexibility index (Phi) is 4.73. The highest BCUT2D eigenvalue weighted by molar-refractivity contribution is 5.78. The van der Waals surface area contributed by atoms with Gasteiger partial charge < -0.3 is 5.11 Å². The molecule has 0 saturated carbocycles. The number of fused-ring (bicyclic) bond motifs is 1. The summed E-state index contributed by atoms with van der Waals surface area (Å²) in [6, 6.07) is 16.5. The molecule has 1 unspecified atom stereocenters. The van der Waals surface area contributed by atoms with Crippen LogP contribution in [0.3, 0.4) is 0 Å². The highest BCUT2D eigenvalue weighted by Crippen LogP contribution is 2.27. The summed E-state index contributed by atoms with van der Waals surface area (Å²) in [5, 5.41) is 14.3. The second kappa shape index (κ2) is 7.33. The Hall–Kier alpha value is -2.98. The van der Waals surface area contributed by atoms with Gasteiger partial charge in [0.15, 0.2) is 5.65 Å². The third-order valence-electron chi connectivity index (χ3n) is 4.86. The van der Waals surface area contributed by atoms with Crippen LogP contribution >= 0.6 is 0 Å². The van der Waals surface area contributed by atoms with Gasteiger partial charge in [-0.15, -0.1) is 0 Å². The Morgan fingerprint density at radius 1 is 1.00 bits per heavy atom. The van der Waals surface area contributed by atoms with E-state index in [1.807, 2.05) is 47.4 Å². The molecule has 4 heteroatoms. The fraction of sp³-hybridized carbons (Fsp3) is 0.217. The lowest BCUT2D eigenvalue weighted by atomic mass is 10.0. The van der Waals surface area contributed by atoms with Crippen LogP contribution in [0, 0.1) is 0 Å². The molecule has 4 nitrogen and oxygen atoms in total. The molecule has 2 aromatic heterocycles. The zero-order valence-electron chi connectivity index (χ0n) is 15.6. The molecule has 136 valence electrons. The van der Waals surface area contributed by atoms with Gasteiger partial charge in [0, 0.05) is 23.5 Å². The molecule has 4 rings (SSSR count). The van der Waals surface area contributed by atoms with Gasteiger partial charge in [0.25, 0.3) is 0 Å². The van der Waals surface area contributed by atoms with E-state index >= 15 is 0 Å². The average molecular weight is 357 g/mol. The zero-order chi connectivity index (χ0) is 18.8. The van der Waals surface area contributed by atoms with Gasteiger partial charge in [-0.1, -0.05) is 55.8 Å². The molecule has 0 radical (unpaired) electrons. The third kappa shape index (κ3) is 3.49. The lowest BCUT2D eigenvalue weighted by Gasteiger charge is -2.07. The van der Waals surface area contributed by atoms with Gasteiger partial charge in [-0.3, -0.25) is 0 Å². The first-order chi connectivity index (χ1) is 13.2. The minimum Gasteiger partial charge on any atom is -0.389 e. The van der Waals surface area contributed by atoms with Crippen molar-refractivity contribution in [1.29, 1.82) is 0 Å². The van der Waals surface area contributed by atoms with Crippen molar-refractivity contribution in [3.63, 3.8) is 0 Å². The Labute approximate surface area is 159 Å². The number of hydrogen-bond acceptors (Lipinski definition) is 3. The Morgan fingerprint density at radius 2 is 1.81 bits per heavy atom. The van der Waals surface area contributed by atoms with Crippen LogP contribution in [-0.2, 0) is 6.42 Å². The quantitative estimate of drug-likeness (QED) is 0.542. The molecule has 2 aromatic carbocycles. The lowest BCUT2D eigenvalue weighted by Crippen LogP contribution is -1.93. The first-order valence-electron chi connectivity index (χ1n) is 9.37. The molecule has 0 aliphatic rings. The van der Waals surface area contributed by atoms with Gasteiger partial charge in [0.05, 0.1) is 12.3 Å². The number of rotatable bonds is 5. The molecule has 0 aliphatic heterocycles. The Bertz CT molecular complexity index is 1060. The first kappa shape index (κ1) is 17.4. The van der Waals surface area contributed by atoms with E-state index < -0.39 is 6.10 Å². The summed E-state index contributed by atoms with van der Waals surface area (Å²) < 4.78 is 1.82. The maximum atomic E-state index is 9.84. The number of benzene rings is 2. The molecule has 0 spiro atoms. The number of hydrogen-bond donors (Lipinski definition) is 1. The standard InChI is InChI=1S/C23H23N3O/c1-3-5-17-8-10-18(11-9-17)21-13-24-23-22(14-25-26(23)15-21)20-7-4-6-19(12-20)16(2)27/h4,6-16,27H,3,5H2,1-2H3. The van der Waals surface area contributed by atoms with Gasteiger partial charge in [-0.25, -0.2) is 9.50 Å². The van der Waals surface area contributed by atoms with E-state index in [1.54, 1.807) is 6.92 Å². The van der Waals surface area contributed by atoms with Crippen molar-refractivity contribution in [2.75, 3.05) is 0 Å². The highest BCUT2D eigenvalue weighted by Gasteiger charge is 2.11. The van der Waals surface area contributed by atoms with E-state index in [1.165, 1.54) is 5.56 Å². The van der Waals surface area contributed by atoms with E-state index in [0.29, 0.717) is 0 Å². The second-order valence-corrected chi connectivity index (χ2v) is 6.92. The monoisotopic (exact) mass is 357 g/mol. The number of nitrogens with zero attached hydrogens (tertiary/aromatic N) is 3. The van der Waals surface area contributed by atoms with Crippen molar-refractivity contribution in [2.24, 2.45) is 0 Å². The van der Waals surface area contributed by atoms with Crippen LogP contribution in [0.15, 0.2) is 67.1 Å². The SMILES string of the molecule is CCCc1ccc(-c2cnc3c(-c4cccc(C(C)O)c4)cnn3c2)cc1. The Balaban J connectivity index is 1.70. The fourth-order valence-electron chi connectivity index (χ4n) is 3.35. The number of aryl methyl sites for hydroxylation is 1. The van der Waals surface area contributed by atoms with Gasteiger partial charge in [0.2, 0.25) is 0 Å². The van der Waals surface area contributed by atoms with E-state index in [9.17, 15) is 5.11 Å². The van der Waals surface area contributed by atoms with E-state index in [4.69, 9.17) is 0 Å². The normalized spacial score (nSPS) is 12.4. The van der Waals surface area contributed by atoms with Crippen molar-refractivity contribution < 1.29 is 5.11 Å². The summed E-state index contributed by atoms with van der Waals surface area (Å²) in [4.78, 5) is 4.67. The topological polar surface area (TPSA) is 50.4 Å². The van der Waals surface area contributed by atoms with Crippen LogP contribution in [0.25, 0.3) is 27.9 Å². The molecule has 1 atom stereocenters. The van der Waals surface area contributed by atoms with Crippen molar-refractivity contribution in [1.82, 2.24) is 14.6 Å². The predicted octanol–water partition coefficient (Wildman–Crippen LogP) is 5.07.